The van der Waals surface area contributed by atoms with Crippen molar-refractivity contribution < 1.29 is 19.4 Å². The number of carbonyl (C=O) groups is 1. The molecule has 4 aromatic rings. The zero-order valence-corrected chi connectivity index (χ0v) is 21.0. The average Bonchev–Trinajstić information content (AvgIpc) is 3.59. The van der Waals surface area contributed by atoms with Crippen LogP contribution in [0.1, 0.15) is 45.1 Å². The van der Waals surface area contributed by atoms with Crippen LogP contribution in [0.5, 0.6) is 11.5 Å². The number of ether oxygens (including phenoxy) is 2. The lowest BCUT2D eigenvalue weighted by molar-refractivity contribution is 0.0697. The number of rotatable bonds is 5. The van der Waals surface area contributed by atoms with Crippen LogP contribution >= 0.6 is 12.2 Å². The summed E-state index contributed by atoms with van der Waals surface area (Å²) < 4.78 is 13.3. The predicted octanol–water partition coefficient (Wildman–Crippen LogP) is 5.09. The largest absolute Gasteiger partial charge is 0.478 e. The fourth-order valence-electron chi connectivity index (χ4n) is 5.22. The Bertz CT molecular complexity index is 1520. The van der Waals surface area contributed by atoms with Crippen LogP contribution in [-0.4, -0.2) is 32.5 Å². The van der Waals surface area contributed by atoms with E-state index in [1.54, 1.807) is 18.3 Å². The van der Waals surface area contributed by atoms with Gasteiger partial charge in [0.1, 0.15) is 0 Å². The minimum atomic E-state index is -0.948. The number of carboxylic acid groups (broad SMARTS) is 1. The van der Waals surface area contributed by atoms with E-state index in [9.17, 15) is 9.90 Å². The Morgan fingerprint density at radius 1 is 1.03 bits per heavy atom. The summed E-state index contributed by atoms with van der Waals surface area (Å²) in [6, 6.07) is 20.4. The Kier molecular flexibility index (Phi) is 5.57. The van der Waals surface area contributed by atoms with E-state index < -0.39 is 5.97 Å². The summed E-state index contributed by atoms with van der Waals surface area (Å²) in [7, 11) is 0. The minimum absolute atomic E-state index is 0.192. The maximum absolute atomic E-state index is 11.3. The second-order valence-corrected chi connectivity index (χ2v) is 9.43. The van der Waals surface area contributed by atoms with Gasteiger partial charge in [-0.3, -0.25) is 4.98 Å². The summed E-state index contributed by atoms with van der Waals surface area (Å²) in [5.41, 5.74) is 6.06. The van der Waals surface area contributed by atoms with E-state index in [0.29, 0.717) is 16.6 Å². The summed E-state index contributed by atoms with van der Waals surface area (Å²) in [4.78, 5) is 18.1. The van der Waals surface area contributed by atoms with Gasteiger partial charge in [0.25, 0.3) is 0 Å². The summed E-state index contributed by atoms with van der Waals surface area (Å²) in [6.07, 6.45) is 1.79. The van der Waals surface area contributed by atoms with Crippen molar-refractivity contribution in [2.75, 3.05) is 11.7 Å². The fourth-order valence-corrected chi connectivity index (χ4v) is 5.57. The zero-order valence-electron chi connectivity index (χ0n) is 20.2. The second kappa shape index (κ2) is 8.94. The first kappa shape index (κ1) is 23.1. The van der Waals surface area contributed by atoms with E-state index >= 15 is 0 Å². The first-order valence-corrected chi connectivity index (χ1v) is 12.3. The van der Waals surface area contributed by atoms with Gasteiger partial charge < -0.3 is 29.4 Å². The quantitative estimate of drug-likeness (QED) is 0.358. The smallest absolute Gasteiger partial charge is 0.335 e. The number of thiocarbonyl (C=S) groups is 1. The number of fused-ring (bicyclic) bond motifs is 1. The molecular weight excluding hydrogens is 488 g/mol. The zero-order chi connectivity index (χ0) is 25.7. The Morgan fingerprint density at radius 3 is 2.51 bits per heavy atom. The monoisotopic (exact) mass is 512 g/mol. The first-order valence-electron chi connectivity index (χ1n) is 11.9. The lowest BCUT2D eigenvalue weighted by Gasteiger charge is -2.28. The molecule has 2 aromatic heterocycles. The number of hydrogen-bond donors (Lipinski definition) is 2. The molecule has 0 saturated carbocycles. The highest BCUT2D eigenvalue weighted by atomic mass is 32.1. The van der Waals surface area contributed by atoms with Gasteiger partial charge >= 0.3 is 5.97 Å². The molecule has 0 unspecified atom stereocenters. The van der Waals surface area contributed by atoms with E-state index in [2.05, 4.69) is 32.8 Å². The number of benzene rings is 2. The normalized spacial score (nSPS) is 18.2. The number of pyridine rings is 1. The SMILES string of the molecule is Cc1cc([C@H]2[C@H](c3ccccn3)NC(=S)N2c2ccc3c(c2)OCO3)c(C)n1-c1ccc(C(=O)O)cc1. The van der Waals surface area contributed by atoms with Crippen molar-refractivity contribution in [2.45, 2.75) is 25.9 Å². The molecule has 2 atom stereocenters. The van der Waals surface area contributed by atoms with Crippen LogP contribution in [-0.2, 0) is 0 Å². The molecular formula is C28H24N4O4S. The molecule has 186 valence electrons. The Balaban J connectivity index is 1.48. The fraction of sp³-hybridized carbons (Fsp3) is 0.179. The van der Waals surface area contributed by atoms with Gasteiger partial charge in [-0.2, -0.15) is 0 Å². The molecule has 0 spiro atoms. The number of aromatic carboxylic acids is 1. The molecule has 4 heterocycles. The van der Waals surface area contributed by atoms with E-state index in [4.69, 9.17) is 21.7 Å². The highest BCUT2D eigenvalue weighted by Gasteiger charge is 2.42. The van der Waals surface area contributed by atoms with E-state index in [0.717, 1.165) is 34.0 Å². The van der Waals surface area contributed by atoms with Crippen molar-refractivity contribution in [3.63, 3.8) is 0 Å². The van der Waals surface area contributed by atoms with Gasteiger partial charge in [-0.1, -0.05) is 6.07 Å². The van der Waals surface area contributed by atoms with Crippen LogP contribution in [0.15, 0.2) is 72.9 Å². The van der Waals surface area contributed by atoms with Gasteiger partial charge in [0.05, 0.1) is 23.3 Å². The molecule has 2 N–H and O–H groups in total. The number of carboxylic acids is 1. The lowest BCUT2D eigenvalue weighted by atomic mass is 9.96. The molecule has 1 fully saturated rings. The van der Waals surface area contributed by atoms with Crippen LogP contribution in [0.25, 0.3) is 5.69 Å². The van der Waals surface area contributed by atoms with Crippen LogP contribution in [0.4, 0.5) is 5.69 Å². The Hall–Kier alpha value is -4.37. The highest BCUT2D eigenvalue weighted by Crippen LogP contribution is 2.46. The number of aryl methyl sites for hydroxylation is 1. The van der Waals surface area contributed by atoms with Crippen molar-refractivity contribution in [2.24, 2.45) is 0 Å². The van der Waals surface area contributed by atoms with E-state index in [1.165, 1.54) is 0 Å². The third kappa shape index (κ3) is 3.88. The standard InChI is InChI=1S/C28H24N4O4S/c1-16-13-21(17(2)31(16)19-8-6-18(7-9-19)27(33)34)26-25(22-5-3-4-12-29-22)30-28(37)32(26)20-10-11-23-24(14-20)36-15-35-23/h3-14,25-26H,15H2,1-2H3,(H,30,37)(H,33,34)/t25-,26-/m0/s1. The predicted molar refractivity (Wildman–Crippen MR) is 143 cm³/mol. The molecule has 2 aliphatic heterocycles. The third-order valence-electron chi connectivity index (χ3n) is 6.89. The molecule has 2 aromatic carbocycles. The van der Waals surface area contributed by atoms with Crippen molar-refractivity contribution in [1.29, 1.82) is 0 Å². The molecule has 6 rings (SSSR count). The molecule has 37 heavy (non-hydrogen) atoms. The van der Waals surface area contributed by atoms with Crippen molar-refractivity contribution in [3.05, 3.63) is 101 Å². The van der Waals surface area contributed by atoms with Gasteiger partial charge in [-0.25, -0.2) is 4.79 Å². The molecule has 9 heteroatoms. The van der Waals surface area contributed by atoms with Gasteiger partial charge in [-0.05, 0) is 86.2 Å². The van der Waals surface area contributed by atoms with Gasteiger partial charge in [0, 0.05) is 35.0 Å². The number of nitrogens with zero attached hydrogens (tertiary/aromatic N) is 3. The van der Waals surface area contributed by atoms with Crippen LogP contribution < -0.4 is 19.7 Å². The summed E-state index contributed by atoms with van der Waals surface area (Å²) in [6.45, 7) is 4.31. The molecule has 0 radical (unpaired) electrons. The van der Waals surface area contributed by atoms with Gasteiger partial charge in [-0.15, -0.1) is 0 Å². The maximum atomic E-state index is 11.3. The first-order chi connectivity index (χ1) is 17.9. The maximum Gasteiger partial charge on any atom is 0.335 e. The molecule has 0 aliphatic carbocycles. The summed E-state index contributed by atoms with van der Waals surface area (Å²) in [5, 5.41) is 13.4. The topological polar surface area (TPSA) is 88.9 Å². The van der Waals surface area contributed by atoms with E-state index in [1.807, 2.05) is 55.5 Å². The lowest BCUT2D eigenvalue weighted by Crippen LogP contribution is -2.29. The van der Waals surface area contributed by atoms with Crippen molar-refractivity contribution in [1.82, 2.24) is 14.9 Å². The van der Waals surface area contributed by atoms with Gasteiger partial charge in [0.15, 0.2) is 16.6 Å². The number of aromatic nitrogens is 2. The van der Waals surface area contributed by atoms with Crippen molar-refractivity contribution in [3.8, 4) is 17.2 Å². The average molecular weight is 513 g/mol. The molecule has 2 aliphatic rings. The van der Waals surface area contributed by atoms with Crippen molar-refractivity contribution >= 4 is 29.0 Å². The number of nitrogens with one attached hydrogen (secondary N) is 1. The van der Waals surface area contributed by atoms with Crippen LogP contribution in [0.3, 0.4) is 0 Å². The van der Waals surface area contributed by atoms with Gasteiger partial charge in [0.2, 0.25) is 6.79 Å². The molecule has 8 nitrogen and oxygen atoms in total. The summed E-state index contributed by atoms with van der Waals surface area (Å²) in [5.74, 6) is 0.447. The Morgan fingerprint density at radius 2 is 1.78 bits per heavy atom. The third-order valence-corrected chi connectivity index (χ3v) is 7.21. The summed E-state index contributed by atoms with van der Waals surface area (Å²) >= 11 is 5.87. The number of hydrogen-bond acceptors (Lipinski definition) is 5. The second-order valence-electron chi connectivity index (χ2n) is 9.05. The number of anilines is 1. The molecule has 0 bridgehead atoms. The Labute approximate surface area is 219 Å². The highest BCUT2D eigenvalue weighted by molar-refractivity contribution is 7.80. The minimum Gasteiger partial charge on any atom is -0.478 e. The van der Waals surface area contributed by atoms with Crippen LogP contribution in [0.2, 0.25) is 0 Å². The van der Waals surface area contributed by atoms with Crippen LogP contribution in [0, 0.1) is 13.8 Å². The molecule has 0 amide bonds. The van der Waals surface area contributed by atoms with E-state index in [-0.39, 0.29) is 24.4 Å². The molecule has 1 saturated heterocycles.